The Morgan fingerprint density at radius 3 is 2.18 bits per heavy atom. The van der Waals surface area contributed by atoms with Gasteiger partial charge in [0.1, 0.15) is 11.6 Å². The van der Waals surface area contributed by atoms with Crippen LogP contribution in [0.3, 0.4) is 0 Å². The molecule has 3 aromatic rings. The van der Waals surface area contributed by atoms with E-state index in [0.29, 0.717) is 37.7 Å². The summed E-state index contributed by atoms with van der Waals surface area (Å²) in [6.07, 6.45) is 0. The molecule has 1 saturated heterocycles. The molecule has 8 nitrogen and oxygen atoms in total. The van der Waals surface area contributed by atoms with E-state index in [1.807, 2.05) is 37.3 Å². The van der Waals surface area contributed by atoms with E-state index >= 15 is 0 Å². The number of anilines is 1. The van der Waals surface area contributed by atoms with E-state index in [4.69, 9.17) is 0 Å². The number of carbonyl (C=O) groups is 2. The normalized spacial score (nSPS) is 14.6. The van der Waals surface area contributed by atoms with Crippen LogP contribution in [-0.4, -0.2) is 70.7 Å². The number of nitrogens with one attached hydrogen (secondary N) is 2. The Labute approximate surface area is 198 Å². The van der Waals surface area contributed by atoms with E-state index in [1.165, 1.54) is 12.1 Å². The third-order valence-electron chi connectivity index (χ3n) is 5.70. The van der Waals surface area contributed by atoms with Crippen LogP contribution in [0.5, 0.6) is 0 Å². The van der Waals surface area contributed by atoms with Crippen molar-refractivity contribution in [2.75, 3.05) is 44.6 Å². The number of rotatable bonds is 8. The summed E-state index contributed by atoms with van der Waals surface area (Å²) in [6, 6.07) is 17.6. The fraction of sp³-hybridized carbons (Fsp3) is 0.320. The maximum Gasteiger partial charge on any atom is 0.239 e. The minimum Gasteiger partial charge on any atom is -0.351 e. The zero-order valence-electron chi connectivity index (χ0n) is 19.2. The van der Waals surface area contributed by atoms with Crippen LogP contribution in [0.25, 0.3) is 5.69 Å². The average Bonchev–Trinajstić information content (AvgIpc) is 3.20. The highest BCUT2D eigenvalue weighted by Gasteiger charge is 2.21. The number of hydrogen-bond donors (Lipinski definition) is 2. The van der Waals surface area contributed by atoms with Crippen molar-refractivity contribution in [3.63, 3.8) is 0 Å². The second kappa shape index (κ2) is 11.0. The van der Waals surface area contributed by atoms with Crippen LogP contribution in [0.2, 0.25) is 0 Å². The second-order valence-electron chi connectivity index (χ2n) is 8.42. The Morgan fingerprint density at radius 1 is 0.912 bits per heavy atom. The quantitative estimate of drug-likeness (QED) is 0.534. The predicted octanol–water partition coefficient (Wildman–Crippen LogP) is 2.19. The molecule has 4 rings (SSSR count). The van der Waals surface area contributed by atoms with E-state index in [0.717, 1.165) is 24.3 Å². The van der Waals surface area contributed by atoms with E-state index in [-0.39, 0.29) is 24.2 Å². The molecule has 2 amide bonds. The standard InChI is InChI=1S/C25H29FN6O2/c1-19-15-23(32(29-19)22-9-7-21(26)8-10-22)28-25(34)18-31-13-11-30(12-14-31)17-24(33)27-16-20-5-3-2-4-6-20/h2-10,15H,11-14,16-18H2,1H3,(H,27,33)(H,28,34). The van der Waals surface area contributed by atoms with Crippen LogP contribution in [0, 0.1) is 12.7 Å². The number of amides is 2. The molecule has 1 aliphatic rings. The molecule has 178 valence electrons. The van der Waals surface area contributed by atoms with Gasteiger partial charge >= 0.3 is 0 Å². The van der Waals surface area contributed by atoms with Crippen LogP contribution in [0.1, 0.15) is 11.3 Å². The molecule has 0 atom stereocenters. The molecule has 0 spiro atoms. The Bertz CT molecular complexity index is 1110. The van der Waals surface area contributed by atoms with Crippen LogP contribution in [0.15, 0.2) is 60.7 Å². The SMILES string of the molecule is Cc1cc(NC(=O)CN2CCN(CC(=O)NCc3ccccc3)CC2)n(-c2ccc(F)cc2)n1. The smallest absolute Gasteiger partial charge is 0.239 e. The van der Waals surface area contributed by atoms with Gasteiger partial charge in [-0.25, -0.2) is 9.07 Å². The van der Waals surface area contributed by atoms with Gasteiger partial charge in [-0.2, -0.15) is 5.10 Å². The van der Waals surface area contributed by atoms with Crippen LogP contribution < -0.4 is 10.6 Å². The lowest BCUT2D eigenvalue weighted by atomic mass is 10.2. The van der Waals surface area contributed by atoms with E-state index < -0.39 is 0 Å². The van der Waals surface area contributed by atoms with Crippen molar-refractivity contribution >= 4 is 17.6 Å². The maximum atomic E-state index is 13.3. The molecule has 2 N–H and O–H groups in total. The first-order valence-corrected chi connectivity index (χ1v) is 11.3. The zero-order valence-corrected chi connectivity index (χ0v) is 19.2. The summed E-state index contributed by atoms with van der Waals surface area (Å²) in [6.45, 7) is 5.81. The number of aryl methyl sites for hydroxylation is 1. The summed E-state index contributed by atoms with van der Waals surface area (Å²) in [5.74, 6) is 0.0747. The largest absolute Gasteiger partial charge is 0.351 e. The molecule has 1 aromatic heterocycles. The van der Waals surface area contributed by atoms with Gasteiger partial charge in [-0.05, 0) is 36.8 Å². The van der Waals surface area contributed by atoms with Crippen LogP contribution in [0.4, 0.5) is 10.2 Å². The molecular formula is C25H29FN6O2. The maximum absolute atomic E-state index is 13.3. The molecule has 1 fully saturated rings. The molecule has 9 heteroatoms. The zero-order chi connectivity index (χ0) is 23.9. The minimum atomic E-state index is -0.328. The van der Waals surface area contributed by atoms with E-state index in [1.54, 1.807) is 22.9 Å². The van der Waals surface area contributed by atoms with Gasteiger partial charge in [0.25, 0.3) is 0 Å². The first-order valence-electron chi connectivity index (χ1n) is 11.3. The topological polar surface area (TPSA) is 82.5 Å². The molecule has 0 bridgehead atoms. The summed E-state index contributed by atoms with van der Waals surface area (Å²) in [7, 11) is 0. The highest BCUT2D eigenvalue weighted by Crippen LogP contribution is 2.17. The number of piperazine rings is 1. The molecule has 2 aromatic carbocycles. The lowest BCUT2D eigenvalue weighted by Gasteiger charge is -2.33. The third kappa shape index (κ3) is 6.49. The highest BCUT2D eigenvalue weighted by molar-refractivity contribution is 5.91. The van der Waals surface area contributed by atoms with Gasteiger partial charge in [0.05, 0.1) is 24.5 Å². The molecule has 0 aliphatic carbocycles. The van der Waals surface area contributed by atoms with Gasteiger partial charge in [-0.3, -0.25) is 19.4 Å². The summed E-state index contributed by atoms with van der Waals surface area (Å²) in [4.78, 5) is 29.1. The van der Waals surface area contributed by atoms with Crippen molar-refractivity contribution in [1.29, 1.82) is 0 Å². The Morgan fingerprint density at radius 2 is 1.53 bits per heavy atom. The first kappa shape index (κ1) is 23.6. The summed E-state index contributed by atoms with van der Waals surface area (Å²) < 4.78 is 14.9. The van der Waals surface area contributed by atoms with Crippen LogP contribution in [-0.2, 0) is 16.1 Å². The summed E-state index contributed by atoms with van der Waals surface area (Å²) >= 11 is 0. The minimum absolute atomic E-state index is 0.000490. The lowest BCUT2D eigenvalue weighted by Crippen LogP contribution is -2.51. The number of nitrogens with zero attached hydrogens (tertiary/aromatic N) is 4. The van der Waals surface area contributed by atoms with Crippen LogP contribution >= 0.6 is 0 Å². The van der Waals surface area contributed by atoms with Gasteiger partial charge in [-0.15, -0.1) is 0 Å². The van der Waals surface area contributed by atoms with Gasteiger partial charge < -0.3 is 10.6 Å². The van der Waals surface area contributed by atoms with Crippen molar-refractivity contribution in [1.82, 2.24) is 24.9 Å². The first-order chi connectivity index (χ1) is 16.5. The fourth-order valence-corrected chi connectivity index (χ4v) is 3.91. The summed E-state index contributed by atoms with van der Waals surface area (Å²) in [5, 5.41) is 10.3. The Balaban J connectivity index is 1.22. The summed E-state index contributed by atoms with van der Waals surface area (Å²) in [5.41, 5.74) is 2.49. The average molecular weight is 465 g/mol. The second-order valence-corrected chi connectivity index (χ2v) is 8.42. The third-order valence-corrected chi connectivity index (χ3v) is 5.70. The number of aromatic nitrogens is 2. The van der Waals surface area contributed by atoms with Crippen molar-refractivity contribution in [3.05, 3.63) is 77.7 Å². The number of hydrogen-bond acceptors (Lipinski definition) is 5. The highest BCUT2D eigenvalue weighted by atomic mass is 19.1. The van der Waals surface area contributed by atoms with Gasteiger partial charge in [0.2, 0.25) is 11.8 Å². The van der Waals surface area contributed by atoms with Crippen molar-refractivity contribution in [2.24, 2.45) is 0 Å². The molecule has 0 radical (unpaired) electrons. The molecule has 2 heterocycles. The molecular weight excluding hydrogens is 435 g/mol. The monoisotopic (exact) mass is 464 g/mol. The number of benzene rings is 2. The van der Waals surface area contributed by atoms with Crippen molar-refractivity contribution in [2.45, 2.75) is 13.5 Å². The Kier molecular flexibility index (Phi) is 7.66. The molecule has 0 unspecified atom stereocenters. The molecule has 0 saturated carbocycles. The fourth-order valence-electron chi connectivity index (χ4n) is 3.91. The van der Waals surface area contributed by atoms with Gasteiger partial charge in [0.15, 0.2) is 0 Å². The lowest BCUT2D eigenvalue weighted by molar-refractivity contribution is -0.123. The van der Waals surface area contributed by atoms with Gasteiger partial charge in [-0.1, -0.05) is 30.3 Å². The van der Waals surface area contributed by atoms with E-state index in [9.17, 15) is 14.0 Å². The van der Waals surface area contributed by atoms with Gasteiger partial charge in [0, 0.05) is 38.8 Å². The number of carbonyl (C=O) groups excluding carboxylic acids is 2. The predicted molar refractivity (Wildman–Crippen MR) is 128 cm³/mol. The van der Waals surface area contributed by atoms with E-state index in [2.05, 4.69) is 25.5 Å². The number of halogens is 1. The van der Waals surface area contributed by atoms with Crippen molar-refractivity contribution < 1.29 is 14.0 Å². The van der Waals surface area contributed by atoms with Crippen molar-refractivity contribution in [3.8, 4) is 5.69 Å². The molecule has 34 heavy (non-hydrogen) atoms. The Hall–Kier alpha value is -3.56. The molecule has 1 aliphatic heterocycles.